The van der Waals surface area contributed by atoms with E-state index in [0.717, 1.165) is 24.1 Å². The van der Waals surface area contributed by atoms with Crippen molar-refractivity contribution in [3.8, 4) is 29.2 Å². The molecule has 0 fully saturated rings. The fraction of sp³-hybridized carbons (Fsp3) is 0.150. The highest BCUT2D eigenvalue weighted by molar-refractivity contribution is 5.69. The van der Waals surface area contributed by atoms with Crippen LogP contribution in [0, 0.1) is 23.2 Å². The molecule has 0 saturated heterocycles. The lowest BCUT2D eigenvalue weighted by molar-refractivity contribution is 0.572. The molecule has 3 N–H and O–H groups in total. The maximum absolute atomic E-state index is 9.29. The van der Waals surface area contributed by atoms with Crippen LogP contribution in [0.2, 0.25) is 0 Å². The van der Waals surface area contributed by atoms with E-state index in [2.05, 4.69) is 33.2 Å². The molecule has 3 aromatic rings. The Kier molecular flexibility index (Phi) is 5.16. The van der Waals surface area contributed by atoms with Crippen LogP contribution in [0.25, 0.3) is 11.3 Å². The van der Waals surface area contributed by atoms with Crippen LogP contribution in [0.4, 0.5) is 17.2 Å². The molecule has 2 heterocycles. The molecule has 6 heteroatoms. The summed E-state index contributed by atoms with van der Waals surface area (Å²) in [6.45, 7) is 2.04. The summed E-state index contributed by atoms with van der Waals surface area (Å²) in [5, 5.41) is 12.5. The lowest BCUT2D eigenvalue weighted by Crippen LogP contribution is -2.02. The zero-order chi connectivity index (χ0) is 18.4. The van der Waals surface area contributed by atoms with Gasteiger partial charge in [0, 0.05) is 23.7 Å². The SMILES string of the molecule is CCCC#Cc1nc(Nc2ccc(-c3cnco3)cc2)cc(N)c1C#N. The molecule has 0 unspecified atom stereocenters. The molecule has 128 valence electrons. The molecular formula is C20H17N5O. The average molecular weight is 343 g/mol. The van der Waals surface area contributed by atoms with Gasteiger partial charge in [0.1, 0.15) is 23.1 Å². The summed E-state index contributed by atoms with van der Waals surface area (Å²) in [5.41, 5.74) is 8.79. The van der Waals surface area contributed by atoms with Gasteiger partial charge in [0.05, 0.1) is 11.9 Å². The maximum atomic E-state index is 9.29. The summed E-state index contributed by atoms with van der Waals surface area (Å²) in [6.07, 6.45) is 4.74. The first-order valence-electron chi connectivity index (χ1n) is 8.16. The highest BCUT2D eigenvalue weighted by Crippen LogP contribution is 2.24. The Hall–Kier alpha value is -3.77. The number of nitrogens with two attached hydrogens (primary N) is 1. The zero-order valence-electron chi connectivity index (χ0n) is 14.3. The summed E-state index contributed by atoms with van der Waals surface area (Å²) < 4.78 is 5.28. The van der Waals surface area contributed by atoms with E-state index in [4.69, 9.17) is 10.2 Å². The minimum Gasteiger partial charge on any atom is -0.444 e. The zero-order valence-corrected chi connectivity index (χ0v) is 14.3. The number of nitriles is 1. The molecule has 26 heavy (non-hydrogen) atoms. The van der Waals surface area contributed by atoms with Crippen LogP contribution in [-0.2, 0) is 0 Å². The van der Waals surface area contributed by atoms with E-state index in [1.807, 2.05) is 31.2 Å². The summed E-state index contributed by atoms with van der Waals surface area (Å²) >= 11 is 0. The highest BCUT2D eigenvalue weighted by Gasteiger charge is 2.09. The van der Waals surface area contributed by atoms with Crippen molar-refractivity contribution in [2.45, 2.75) is 19.8 Å². The molecule has 0 atom stereocenters. The number of pyridine rings is 1. The summed E-state index contributed by atoms with van der Waals surface area (Å²) in [6, 6.07) is 11.3. The predicted octanol–water partition coefficient (Wildman–Crippen LogP) is 4.09. The minimum absolute atomic E-state index is 0.305. The van der Waals surface area contributed by atoms with E-state index >= 15 is 0 Å². The van der Waals surface area contributed by atoms with Crippen molar-refractivity contribution >= 4 is 17.2 Å². The van der Waals surface area contributed by atoms with E-state index in [9.17, 15) is 5.26 Å². The number of unbranched alkanes of at least 4 members (excludes halogenated alkanes) is 1. The largest absolute Gasteiger partial charge is 0.444 e. The normalized spacial score (nSPS) is 9.85. The number of nitrogens with one attached hydrogen (secondary N) is 1. The maximum Gasteiger partial charge on any atom is 0.181 e. The number of nitrogen functional groups attached to an aromatic ring is 1. The first kappa shape index (κ1) is 17.1. The van der Waals surface area contributed by atoms with Crippen molar-refractivity contribution in [1.29, 1.82) is 5.26 Å². The van der Waals surface area contributed by atoms with Gasteiger partial charge in [-0.3, -0.25) is 0 Å². The molecule has 6 nitrogen and oxygen atoms in total. The number of hydrogen-bond acceptors (Lipinski definition) is 6. The first-order chi connectivity index (χ1) is 12.7. The summed E-state index contributed by atoms with van der Waals surface area (Å²) in [5.74, 6) is 7.18. The van der Waals surface area contributed by atoms with E-state index < -0.39 is 0 Å². The van der Waals surface area contributed by atoms with Gasteiger partial charge in [0.2, 0.25) is 0 Å². The van der Waals surface area contributed by atoms with Gasteiger partial charge in [-0.2, -0.15) is 5.26 Å². The molecule has 0 amide bonds. The first-order valence-corrected chi connectivity index (χ1v) is 8.16. The van der Waals surface area contributed by atoms with Gasteiger partial charge in [0.25, 0.3) is 0 Å². The third-order valence-electron chi connectivity index (χ3n) is 3.62. The lowest BCUT2D eigenvalue weighted by atomic mass is 10.1. The Morgan fingerprint density at radius 2 is 2.08 bits per heavy atom. The Bertz CT molecular complexity index is 990. The second-order valence-corrected chi connectivity index (χ2v) is 5.55. The summed E-state index contributed by atoms with van der Waals surface area (Å²) in [7, 11) is 0. The fourth-order valence-corrected chi connectivity index (χ4v) is 2.33. The van der Waals surface area contributed by atoms with Crippen LogP contribution in [-0.4, -0.2) is 9.97 Å². The van der Waals surface area contributed by atoms with Gasteiger partial charge in [-0.1, -0.05) is 12.8 Å². The molecule has 2 aromatic heterocycles. The molecular weight excluding hydrogens is 326 g/mol. The molecule has 1 aromatic carbocycles. The predicted molar refractivity (Wildman–Crippen MR) is 100 cm³/mol. The van der Waals surface area contributed by atoms with Crippen molar-refractivity contribution in [2.75, 3.05) is 11.1 Å². The molecule has 3 rings (SSSR count). The Balaban J connectivity index is 1.86. The van der Waals surface area contributed by atoms with Crippen molar-refractivity contribution in [2.24, 2.45) is 0 Å². The second-order valence-electron chi connectivity index (χ2n) is 5.55. The quantitative estimate of drug-likeness (QED) is 0.692. The Morgan fingerprint density at radius 1 is 1.27 bits per heavy atom. The molecule has 0 aliphatic heterocycles. The van der Waals surface area contributed by atoms with Crippen molar-refractivity contribution in [3.05, 3.63) is 54.2 Å². The number of hydrogen-bond donors (Lipinski definition) is 2. The van der Waals surface area contributed by atoms with E-state index in [-0.39, 0.29) is 0 Å². The Morgan fingerprint density at radius 3 is 2.73 bits per heavy atom. The number of aromatic nitrogens is 2. The molecule has 0 aliphatic rings. The van der Waals surface area contributed by atoms with Gasteiger partial charge < -0.3 is 15.5 Å². The van der Waals surface area contributed by atoms with E-state index in [1.54, 1.807) is 12.3 Å². The van der Waals surface area contributed by atoms with Crippen LogP contribution in [0.1, 0.15) is 31.0 Å². The van der Waals surface area contributed by atoms with Gasteiger partial charge in [-0.15, -0.1) is 0 Å². The standard InChI is InChI=1S/C20H17N5O/c1-2-3-4-5-18-16(11-21)17(22)10-20(25-18)24-15-8-6-14(7-9-15)19-12-23-13-26-19/h6-10,12-13H,2-3H2,1H3,(H3,22,24,25). The molecule has 0 aliphatic carbocycles. The van der Waals surface area contributed by atoms with Crippen LogP contribution in [0.5, 0.6) is 0 Å². The Labute approximate surface area is 151 Å². The van der Waals surface area contributed by atoms with Crippen molar-refractivity contribution in [1.82, 2.24) is 9.97 Å². The van der Waals surface area contributed by atoms with E-state index in [1.165, 1.54) is 6.39 Å². The van der Waals surface area contributed by atoms with Crippen LogP contribution < -0.4 is 11.1 Å². The molecule has 0 saturated carbocycles. The lowest BCUT2D eigenvalue weighted by Gasteiger charge is -2.09. The number of anilines is 3. The van der Waals surface area contributed by atoms with Gasteiger partial charge in [-0.25, -0.2) is 9.97 Å². The van der Waals surface area contributed by atoms with Crippen molar-refractivity contribution < 1.29 is 4.42 Å². The average Bonchev–Trinajstić information content (AvgIpc) is 3.17. The second kappa shape index (κ2) is 7.87. The highest BCUT2D eigenvalue weighted by atomic mass is 16.3. The van der Waals surface area contributed by atoms with Gasteiger partial charge >= 0.3 is 0 Å². The molecule has 0 bridgehead atoms. The third kappa shape index (κ3) is 3.82. The topological polar surface area (TPSA) is 101 Å². The number of nitrogens with zero attached hydrogens (tertiary/aromatic N) is 3. The third-order valence-corrected chi connectivity index (χ3v) is 3.62. The van der Waals surface area contributed by atoms with Gasteiger partial charge in [-0.05, 0) is 36.6 Å². The monoisotopic (exact) mass is 343 g/mol. The minimum atomic E-state index is 0.305. The smallest absolute Gasteiger partial charge is 0.181 e. The van der Waals surface area contributed by atoms with Crippen molar-refractivity contribution in [3.63, 3.8) is 0 Å². The number of rotatable bonds is 4. The van der Waals surface area contributed by atoms with Crippen LogP contribution >= 0.6 is 0 Å². The van der Waals surface area contributed by atoms with Gasteiger partial charge in [0.15, 0.2) is 12.2 Å². The van der Waals surface area contributed by atoms with Crippen LogP contribution in [0.15, 0.2) is 47.3 Å². The number of oxazole rings is 1. The molecule has 0 radical (unpaired) electrons. The van der Waals surface area contributed by atoms with E-state index in [0.29, 0.717) is 28.5 Å². The summed E-state index contributed by atoms with van der Waals surface area (Å²) in [4.78, 5) is 8.34. The van der Waals surface area contributed by atoms with Crippen LogP contribution in [0.3, 0.4) is 0 Å². The molecule has 0 spiro atoms. The fourth-order valence-electron chi connectivity index (χ4n) is 2.33. The number of benzene rings is 1.